The Morgan fingerprint density at radius 3 is 3.00 bits per heavy atom. The molecule has 0 aromatic carbocycles. The minimum atomic E-state index is -0.846. The molecule has 5 nitrogen and oxygen atoms in total. The van der Waals surface area contributed by atoms with E-state index in [1.807, 2.05) is 0 Å². The van der Waals surface area contributed by atoms with Gasteiger partial charge in [0.2, 0.25) is 5.91 Å². The van der Waals surface area contributed by atoms with Gasteiger partial charge in [0.25, 0.3) is 0 Å². The Bertz CT molecular complexity index is 317. The first-order chi connectivity index (χ1) is 6.09. The van der Waals surface area contributed by atoms with Crippen molar-refractivity contribution in [2.75, 3.05) is 5.32 Å². The number of nitrogens with zero attached hydrogens (tertiary/aromatic N) is 2. The Balaban J connectivity index is 2.69. The van der Waals surface area contributed by atoms with Crippen molar-refractivity contribution in [3.05, 3.63) is 18.3 Å². The third kappa shape index (κ3) is 2.66. The van der Waals surface area contributed by atoms with Gasteiger partial charge in [-0.05, 0) is 13.0 Å². The molecule has 0 radical (unpaired) electrons. The molecule has 6 heteroatoms. The highest BCUT2D eigenvalue weighted by Crippen LogP contribution is 2.02. The Hall–Kier alpha value is -1.72. The number of carbonyl (C=O) groups is 1. The number of halogens is 1. The fourth-order valence-corrected chi connectivity index (χ4v) is 0.708. The summed E-state index contributed by atoms with van der Waals surface area (Å²) in [4.78, 5) is 17.3. The van der Waals surface area contributed by atoms with E-state index in [1.165, 1.54) is 12.3 Å². The first kappa shape index (κ1) is 9.37. The number of rotatable bonds is 3. The minimum absolute atomic E-state index is 0.235. The first-order valence-corrected chi connectivity index (χ1v) is 3.64. The van der Waals surface area contributed by atoms with E-state index in [0.29, 0.717) is 0 Å². The predicted molar refractivity (Wildman–Crippen MR) is 44.3 cm³/mol. The van der Waals surface area contributed by atoms with E-state index >= 15 is 0 Å². The largest absolute Gasteiger partial charge is 0.368 e. The van der Waals surface area contributed by atoms with Crippen LogP contribution in [0.4, 0.5) is 10.2 Å². The van der Waals surface area contributed by atoms with Crippen molar-refractivity contribution in [2.24, 2.45) is 5.73 Å². The van der Waals surface area contributed by atoms with Gasteiger partial charge in [-0.3, -0.25) is 4.79 Å². The standard InChI is InChI=1S/C7H9FN4O/c1-4(6(9)13)11-5-2-3-10-7(8)12-5/h2-4H,1H3,(H2,9,13)(H,10,11,12)/t4-/m0/s1. The third-order valence-corrected chi connectivity index (χ3v) is 1.42. The van der Waals surface area contributed by atoms with Crippen molar-refractivity contribution in [3.8, 4) is 0 Å². The number of carbonyl (C=O) groups excluding carboxylic acids is 1. The van der Waals surface area contributed by atoms with E-state index in [0.717, 1.165) is 0 Å². The van der Waals surface area contributed by atoms with E-state index in [-0.39, 0.29) is 5.82 Å². The molecule has 0 aliphatic rings. The summed E-state index contributed by atoms with van der Waals surface area (Å²) in [6.45, 7) is 1.56. The van der Waals surface area contributed by atoms with Crippen LogP contribution in [-0.4, -0.2) is 21.9 Å². The first-order valence-electron chi connectivity index (χ1n) is 3.64. The Kier molecular flexibility index (Phi) is 2.73. The lowest BCUT2D eigenvalue weighted by Gasteiger charge is -2.09. The summed E-state index contributed by atoms with van der Waals surface area (Å²) in [7, 11) is 0. The topological polar surface area (TPSA) is 80.9 Å². The fourth-order valence-electron chi connectivity index (χ4n) is 0.708. The van der Waals surface area contributed by atoms with Crippen LogP contribution in [0.5, 0.6) is 0 Å². The summed E-state index contributed by atoms with van der Waals surface area (Å²) in [6, 6.07) is 0.858. The van der Waals surface area contributed by atoms with E-state index in [9.17, 15) is 9.18 Å². The molecule has 0 unspecified atom stereocenters. The molecule has 1 rings (SSSR count). The van der Waals surface area contributed by atoms with Gasteiger partial charge in [-0.2, -0.15) is 9.37 Å². The molecule has 0 fully saturated rings. The second-order valence-corrected chi connectivity index (χ2v) is 2.48. The fraction of sp³-hybridized carbons (Fsp3) is 0.286. The van der Waals surface area contributed by atoms with Crippen LogP contribution in [0, 0.1) is 6.08 Å². The predicted octanol–water partition coefficient (Wildman–Crippen LogP) is -0.0986. The SMILES string of the molecule is C[C@H](Nc1ccnc(F)n1)C(N)=O. The molecule has 0 bridgehead atoms. The summed E-state index contributed by atoms with van der Waals surface area (Å²) in [5.74, 6) is -0.294. The number of primary amides is 1. The van der Waals surface area contributed by atoms with Gasteiger partial charge in [0.15, 0.2) is 0 Å². The van der Waals surface area contributed by atoms with E-state index in [4.69, 9.17) is 5.73 Å². The zero-order chi connectivity index (χ0) is 9.84. The van der Waals surface area contributed by atoms with Crippen LogP contribution >= 0.6 is 0 Å². The summed E-state index contributed by atoms with van der Waals surface area (Å²) >= 11 is 0. The van der Waals surface area contributed by atoms with Crippen LogP contribution < -0.4 is 11.1 Å². The number of anilines is 1. The smallest absolute Gasteiger partial charge is 0.310 e. The number of hydrogen-bond acceptors (Lipinski definition) is 4. The molecule has 0 saturated heterocycles. The summed E-state index contributed by atoms with van der Waals surface area (Å²) in [5, 5.41) is 2.62. The van der Waals surface area contributed by atoms with Crippen molar-refractivity contribution >= 4 is 11.7 Å². The zero-order valence-corrected chi connectivity index (χ0v) is 6.99. The van der Waals surface area contributed by atoms with Crippen LogP contribution in [0.1, 0.15) is 6.92 Å². The molecular weight excluding hydrogens is 175 g/mol. The van der Waals surface area contributed by atoms with Gasteiger partial charge in [0, 0.05) is 6.20 Å². The highest BCUT2D eigenvalue weighted by molar-refractivity contribution is 5.82. The molecular formula is C7H9FN4O. The molecule has 1 aromatic heterocycles. The van der Waals surface area contributed by atoms with Gasteiger partial charge >= 0.3 is 6.08 Å². The van der Waals surface area contributed by atoms with Crippen molar-refractivity contribution < 1.29 is 9.18 Å². The van der Waals surface area contributed by atoms with Crippen LogP contribution in [0.25, 0.3) is 0 Å². The van der Waals surface area contributed by atoms with Crippen LogP contribution in [-0.2, 0) is 4.79 Å². The monoisotopic (exact) mass is 184 g/mol. The summed E-state index contributed by atoms with van der Waals surface area (Å²) in [6.07, 6.45) is 0.403. The molecule has 0 saturated carbocycles. The van der Waals surface area contributed by atoms with Crippen molar-refractivity contribution in [1.29, 1.82) is 0 Å². The van der Waals surface area contributed by atoms with Crippen LogP contribution in [0.2, 0.25) is 0 Å². The third-order valence-electron chi connectivity index (χ3n) is 1.42. The number of nitrogens with one attached hydrogen (secondary N) is 1. The van der Waals surface area contributed by atoms with Crippen LogP contribution in [0.15, 0.2) is 12.3 Å². The van der Waals surface area contributed by atoms with Gasteiger partial charge < -0.3 is 11.1 Å². The van der Waals surface area contributed by atoms with Crippen molar-refractivity contribution in [3.63, 3.8) is 0 Å². The molecule has 13 heavy (non-hydrogen) atoms. The molecule has 0 aliphatic carbocycles. The van der Waals surface area contributed by atoms with Crippen LogP contribution in [0.3, 0.4) is 0 Å². The average Bonchev–Trinajstić information content (AvgIpc) is 2.04. The molecule has 0 aliphatic heterocycles. The lowest BCUT2D eigenvalue weighted by molar-refractivity contribution is -0.118. The number of aromatic nitrogens is 2. The van der Waals surface area contributed by atoms with Gasteiger partial charge in [-0.1, -0.05) is 0 Å². The van der Waals surface area contributed by atoms with Gasteiger partial charge in [0.1, 0.15) is 11.9 Å². The van der Waals surface area contributed by atoms with Gasteiger partial charge in [0.05, 0.1) is 0 Å². The van der Waals surface area contributed by atoms with Gasteiger partial charge in [-0.15, -0.1) is 0 Å². The lowest BCUT2D eigenvalue weighted by atomic mass is 10.3. The number of hydrogen-bond donors (Lipinski definition) is 2. The molecule has 1 aromatic rings. The lowest BCUT2D eigenvalue weighted by Crippen LogP contribution is -2.32. The molecule has 0 spiro atoms. The molecule has 1 heterocycles. The maximum Gasteiger partial charge on any atom is 0.310 e. The zero-order valence-electron chi connectivity index (χ0n) is 6.99. The van der Waals surface area contributed by atoms with E-state index in [1.54, 1.807) is 6.92 Å². The Morgan fingerprint density at radius 2 is 2.46 bits per heavy atom. The normalized spacial score (nSPS) is 12.2. The maximum absolute atomic E-state index is 12.4. The average molecular weight is 184 g/mol. The summed E-state index contributed by atoms with van der Waals surface area (Å²) in [5.41, 5.74) is 4.98. The molecule has 1 atom stereocenters. The highest BCUT2D eigenvalue weighted by atomic mass is 19.1. The Morgan fingerprint density at radius 1 is 1.77 bits per heavy atom. The molecule has 1 amide bonds. The second-order valence-electron chi connectivity index (χ2n) is 2.48. The van der Waals surface area contributed by atoms with E-state index in [2.05, 4.69) is 15.3 Å². The molecule has 70 valence electrons. The van der Waals surface area contributed by atoms with E-state index < -0.39 is 18.0 Å². The minimum Gasteiger partial charge on any atom is -0.368 e. The van der Waals surface area contributed by atoms with Gasteiger partial charge in [-0.25, -0.2) is 4.98 Å². The molecule has 3 N–H and O–H groups in total. The number of nitrogens with two attached hydrogens (primary N) is 1. The summed E-state index contributed by atoms with van der Waals surface area (Å²) < 4.78 is 12.4. The quantitative estimate of drug-likeness (QED) is 0.643. The maximum atomic E-state index is 12.4. The van der Waals surface area contributed by atoms with Crippen molar-refractivity contribution in [2.45, 2.75) is 13.0 Å². The van der Waals surface area contributed by atoms with Crippen molar-refractivity contribution in [1.82, 2.24) is 9.97 Å². The number of amides is 1. The second kappa shape index (κ2) is 3.79. The highest BCUT2D eigenvalue weighted by Gasteiger charge is 2.08. The Labute approximate surface area is 74.2 Å².